The Balaban J connectivity index is 0.000000322. The molecule has 0 unspecified atom stereocenters. The second-order valence-corrected chi connectivity index (χ2v) is 7.47. The van der Waals surface area contributed by atoms with Gasteiger partial charge in [-0.2, -0.15) is 0 Å². The fourth-order valence-corrected chi connectivity index (χ4v) is 2.51. The summed E-state index contributed by atoms with van der Waals surface area (Å²) < 4.78 is 0. The SMILES string of the molecule is CC1CCCCC1.CCC(C)CC.Cc1ccccc1.c1ccccc1. The molecule has 2 aromatic rings. The van der Waals surface area contributed by atoms with Crippen molar-refractivity contribution in [2.45, 2.75) is 79.6 Å². The molecule has 0 aliphatic heterocycles. The quantitative estimate of drug-likeness (QED) is 0.506. The Morgan fingerprint density at radius 3 is 1.31 bits per heavy atom. The maximum absolute atomic E-state index is 2.36. The van der Waals surface area contributed by atoms with E-state index in [2.05, 4.69) is 46.8 Å². The molecule has 0 aromatic heterocycles. The van der Waals surface area contributed by atoms with Gasteiger partial charge in [0.25, 0.3) is 0 Å². The van der Waals surface area contributed by atoms with Gasteiger partial charge in [0, 0.05) is 0 Å². The summed E-state index contributed by atoms with van der Waals surface area (Å²) in [5.41, 5.74) is 1.32. The molecule has 146 valence electrons. The van der Waals surface area contributed by atoms with Crippen LogP contribution in [0.15, 0.2) is 66.7 Å². The van der Waals surface area contributed by atoms with E-state index < -0.39 is 0 Å². The Labute approximate surface area is 164 Å². The second-order valence-electron chi connectivity index (χ2n) is 7.47. The van der Waals surface area contributed by atoms with Crippen LogP contribution in [0.2, 0.25) is 0 Å². The molecule has 1 aliphatic carbocycles. The zero-order valence-corrected chi connectivity index (χ0v) is 18.0. The summed E-state index contributed by atoms with van der Waals surface area (Å²) in [4.78, 5) is 0. The first-order chi connectivity index (χ1) is 12.6. The van der Waals surface area contributed by atoms with Gasteiger partial charge in [0.15, 0.2) is 0 Å². The minimum atomic E-state index is 0.935. The van der Waals surface area contributed by atoms with E-state index in [9.17, 15) is 0 Å². The van der Waals surface area contributed by atoms with Crippen molar-refractivity contribution < 1.29 is 0 Å². The van der Waals surface area contributed by atoms with Crippen molar-refractivity contribution in [3.63, 3.8) is 0 Å². The van der Waals surface area contributed by atoms with Gasteiger partial charge in [-0.1, -0.05) is 145 Å². The van der Waals surface area contributed by atoms with Gasteiger partial charge in [-0.15, -0.1) is 0 Å². The van der Waals surface area contributed by atoms with E-state index in [1.807, 2.05) is 54.6 Å². The lowest BCUT2D eigenvalue weighted by Crippen LogP contribution is -1.99. The standard InChI is InChI=1S/C7H14.C7H8.C6H6.C6H14/c2*1-7-5-3-2-4-6-7;1-2-4-6-5-3-1;1-4-6(3)5-2/h7H,2-6H2,1H3;2-6H,1H3;1-6H;6H,4-5H2,1-3H3. The first kappa shape index (κ1) is 24.4. The number of benzene rings is 2. The largest absolute Gasteiger partial charge is 0.0651 e. The van der Waals surface area contributed by atoms with Crippen LogP contribution in [0, 0.1) is 18.8 Å². The van der Waals surface area contributed by atoms with Crippen LogP contribution in [0.3, 0.4) is 0 Å². The average molecular weight is 355 g/mol. The summed E-state index contributed by atoms with van der Waals surface area (Å²) in [6.07, 6.45) is 10.1. The van der Waals surface area contributed by atoms with Crippen LogP contribution in [-0.2, 0) is 0 Å². The maximum Gasteiger partial charge on any atom is -0.0398 e. The maximum atomic E-state index is 2.36. The van der Waals surface area contributed by atoms with E-state index in [4.69, 9.17) is 0 Å². The lowest BCUT2D eigenvalue weighted by Gasteiger charge is -2.15. The summed E-state index contributed by atoms with van der Waals surface area (Å²) >= 11 is 0. The summed E-state index contributed by atoms with van der Waals surface area (Å²) in [7, 11) is 0. The lowest BCUT2D eigenvalue weighted by atomic mass is 9.91. The zero-order valence-electron chi connectivity index (χ0n) is 18.0. The predicted octanol–water partition coefficient (Wildman–Crippen LogP) is 8.71. The zero-order chi connectivity index (χ0) is 19.5. The van der Waals surface area contributed by atoms with Gasteiger partial charge in [0.05, 0.1) is 0 Å². The molecule has 0 radical (unpaired) electrons. The number of rotatable bonds is 2. The third kappa shape index (κ3) is 17.3. The molecule has 0 nitrogen and oxygen atoms in total. The van der Waals surface area contributed by atoms with Crippen LogP contribution in [0.25, 0.3) is 0 Å². The monoisotopic (exact) mass is 354 g/mol. The van der Waals surface area contributed by atoms with Crippen molar-refractivity contribution in [2.24, 2.45) is 11.8 Å². The molecule has 1 aliphatic rings. The summed E-state index contributed by atoms with van der Waals surface area (Å²) in [5.74, 6) is 1.97. The molecule has 2 aromatic carbocycles. The number of aryl methyl sites for hydroxylation is 1. The van der Waals surface area contributed by atoms with Crippen LogP contribution in [0.4, 0.5) is 0 Å². The molecule has 0 spiro atoms. The molecule has 3 rings (SSSR count). The van der Waals surface area contributed by atoms with Gasteiger partial charge in [-0.3, -0.25) is 0 Å². The fourth-order valence-electron chi connectivity index (χ4n) is 2.51. The van der Waals surface area contributed by atoms with E-state index in [0.717, 1.165) is 11.8 Å². The summed E-state index contributed by atoms with van der Waals surface area (Å²) in [5, 5.41) is 0. The molecule has 0 heterocycles. The van der Waals surface area contributed by atoms with Gasteiger partial charge in [-0.25, -0.2) is 0 Å². The fraction of sp³-hybridized carbons (Fsp3) is 0.538. The van der Waals surface area contributed by atoms with E-state index in [0.29, 0.717) is 0 Å². The third-order valence-electron chi connectivity index (χ3n) is 4.89. The summed E-state index contributed by atoms with van der Waals surface area (Å²) in [6.45, 7) is 11.2. The highest BCUT2D eigenvalue weighted by Crippen LogP contribution is 2.22. The van der Waals surface area contributed by atoms with Gasteiger partial charge in [-0.05, 0) is 18.8 Å². The minimum Gasteiger partial charge on any atom is -0.0651 e. The number of hydrogen-bond donors (Lipinski definition) is 0. The van der Waals surface area contributed by atoms with E-state index in [1.165, 1.54) is 50.5 Å². The Morgan fingerprint density at radius 2 is 1.12 bits per heavy atom. The molecule has 0 heteroatoms. The molecular formula is C26H42. The van der Waals surface area contributed by atoms with Crippen molar-refractivity contribution in [3.05, 3.63) is 72.3 Å². The highest BCUT2D eigenvalue weighted by Gasteiger charge is 2.05. The van der Waals surface area contributed by atoms with Crippen molar-refractivity contribution in [3.8, 4) is 0 Å². The van der Waals surface area contributed by atoms with Crippen LogP contribution in [0.5, 0.6) is 0 Å². The average Bonchev–Trinajstić information content (AvgIpc) is 2.71. The van der Waals surface area contributed by atoms with E-state index in [-0.39, 0.29) is 0 Å². The van der Waals surface area contributed by atoms with Crippen molar-refractivity contribution in [2.75, 3.05) is 0 Å². The van der Waals surface area contributed by atoms with Gasteiger partial charge < -0.3 is 0 Å². The van der Waals surface area contributed by atoms with Gasteiger partial charge in [0.2, 0.25) is 0 Å². The second kappa shape index (κ2) is 18.2. The normalized spacial score (nSPS) is 13.3. The van der Waals surface area contributed by atoms with Crippen LogP contribution in [0.1, 0.15) is 78.2 Å². The highest BCUT2D eigenvalue weighted by atomic mass is 14.1. The number of hydrogen-bond acceptors (Lipinski definition) is 0. The Bertz CT molecular complexity index is 437. The minimum absolute atomic E-state index is 0.935. The Morgan fingerprint density at radius 1 is 0.731 bits per heavy atom. The van der Waals surface area contributed by atoms with Gasteiger partial charge in [0.1, 0.15) is 0 Å². The van der Waals surface area contributed by atoms with Crippen LogP contribution < -0.4 is 0 Å². The first-order valence-electron chi connectivity index (χ1n) is 10.6. The van der Waals surface area contributed by atoms with E-state index >= 15 is 0 Å². The first-order valence-corrected chi connectivity index (χ1v) is 10.6. The highest BCUT2D eigenvalue weighted by molar-refractivity contribution is 5.11. The topological polar surface area (TPSA) is 0 Å². The van der Waals surface area contributed by atoms with Gasteiger partial charge >= 0.3 is 0 Å². The smallest absolute Gasteiger partial charge is 0.0398 e. The molecule has 0 N–H and O–H groups in total. The van der Waals surface area contributed by atoms with Crippen molar-refractivity contribution in [1.29, 1.82) is 0 Å². The molecule has 0 amide bonds. The van der Waals surface area contributed by atoms with Crippen molar-refractivity contribution >= 4 is 0 Å². The molecule has 0 bridgehead atoms. The molecule has 0 saturated heterocycles. The molecular weight excluding hydrogens is 312 g/mol. The molecule has 26 heavy (non-hydrogen) atoms. The Hall–Kier alpha value is -1.56. The van der Waals surface area contributed by atoms with Crippen molar-refractivity contribution in [1.82, 2.24) is 0 Å². The Kier molecular flexibility index (Phi) is 17.1. The predicted molar refractivity (Wildman–Crippen MR) is 120 cm³/mol. The van der Waals surface area contributed by atoms with E-state index in [1.54, 1.807) is 0 Å². The molecule has 1 fully saturated rings. The van der Waals surface area contributed by atoms with Crippen LogP contribution >= 0.6 is 0 Å². The summed E-state index contributed by atoms with van der Waals surface area (Å²) in [6, 6.07) is 22.3. The third-order valence-corrected chi connectivity index (χ3v) is 4.89. The van der Waals surface area contributed by atoms with Crippen LogP contribution in [-0.4, -0.2) is 0 Å². The lowest BCUT2D eigenvalue weighted by molar-refractivity contribution is 0.385. The molecule has 1 saturated carbocycles. The molecule has 0 atom stereocenters.